The molecule has 4 N–H and O–H groups in total. The number of methoxy groups -OCH3 is 1. The number of furan rings is 1. The first kappa shape index (κ1) is 16.9. The van der Waals surface area contributed by atoms with Crippen molar-refractivity contribution in [1.29, 1.82) is 0 Å². The SMILES string of the molecule is COc1cc(C(=O)c2c(NN)oc3c(O)c(C)ccc23)cc(C)c1C. The second-order valence-corrected chi connectivity index (χ2v) is 6.01. The van der Waals surface area contributed by atoms with Gasteiger partial charge in [0.1, 0.15) is 5.75 Å². The summed E-state index contributed by atoms with van der Waals surface area (Å²) in [7, 11) is 1.57. The number of fused-ring (bicyclic) bond motifs is 1. The zero-order valence-corrected chi connectivity index (χ0v) is 14.6. The molecule has 0 aliphatic heterocycles. The lowest BCUT2D eigenvalue weighted by Gasteiger charge is -2.10. The maximum absolute atomic E-state index is 13.1. The average Bonchev–Trinajstić information content (AvgIpc) is 2.99. The molecule has 2 aromatic carbocycles. The minimum atomic E-state index is -0.267. The Kier molecular flexibility index (Phi) is 4.14. The smallest absolute Gasteiger partial charge is 0.219 e. The number of phenols is 1. The Bertz CT molecular complexity index is 989. The van der Waals surface area contributed by atoms with E-state index < -0.39 is 0 Å². The van der Waals surface area contributed by atoms with E-state index in [-0.39, 0.29) is 28.6 Å². The Hall–Kier alpha value is -2.99. The summed E-state index contributed by atoms with van der Waals surface area (Å²) in [5, 5.41) is 10.7. The maximum atomic E-state index is 13.1. The van der Waals surface area contributed by atoms with Gasteiger partial charge in [0.25, 0.3) is 0 Å². The molecule has 0 atom stereocenters. The van der Waals surface area contributed by atoms with E-state index in [2.05, 4.69) is 5.43 Å². The fourth-order valence-corrected chi connectivity index (χ4v) is 2.89. The fourth-order valence-electron chi connectivity index (χ4n) is 2.89. The predicted octanol–water partition coefficient (Wildman–Crippen LogP) is 3.59. The molecule has 0 aliphatic rings. The van der Waals surface area contributed by atoms with E-state index in [1.807, 2.05) is 13.8 Å². The molecule has 6 nitrogen and oxygen atoms in total. The van der Waals surface area contributed by atoms with Gasteiger partial charge in [0, 0.05) is 10.9 Å². The number of rotatable bonds is 4. The van der Waals surface area contributed by atoms with Crippen molar-refractivity contribution < 1.29 is 19.1 Å². The van der Waals surface area contributed by atoms with Crippen LogP contribution in [0.15, 0.2) is 28.7 Å². The Morgan fingerprint density at radius 3 is 2.56 bits per heavy atom. The predicted molar refractivity (Wildman–Crippen MR) is 96.3 cm³/mol. The van der Waals surface area contributed by atoms with E-state index >= 15 is 0 Å². The number of nitrogens with one attached hydrogen (secondary N) is 1. The lowest BCUT2D eigenvalue weighted by atomic mass is 9.97. The topological polar surface area (TPSA) is 97.7 Å². The molecular weight excluding hydrogens is 320 g/mol. The van der Waals surface area contributed by atoms with Gasteiger partial charge in [0.15, 0.2) is 17.1 Å². The third-order valence-electron chi connectivity index (χ3n) is 4.49. The van der Waals surface area contributed by atoms with E-state index in [9.17, 15) is 9.90 Å². The van der Waals surface area contributed by atoms with E-state index in [1.54, 1.807) is 38.3 Å². The number of phenolic OH excluding ortho intramolecular Hbond substituents is 1. The minimum Gasteiger partial charge on any atom is -0.504 e. The Morgan fingerprint density at radius 2 is 1.92 bits per heavy atom. The summed E-state index contributed by atoms with van der Waals surface area (Å²) in [6, 6.07) is 6.96. The van der Waals surface area contributed by atoms with Gasteiger partial charge in [-0.3, -0.25) is 10.2 Å². The number of carbonyl (C=O) groups excluding carboxylic acids is 1. The molecular formula is C19H20N2O4. The van der Waals surface area contributed by atoms with Gasteiger partial charge in [0.2, 0.25) is 5.88 Å². The molecule has 0 amide bonds. The molecule has 6 heteroatoms. The standard InChI is InChI=1S/C19H20N2O4/c1-9-5-6-13-15(19(21-20)25-18(13)16(9)22)17(23)12-7-10(2)11(3)14(8-12)24-4/h5-8,21-22H,20H2,1-4H3. The third-order valence-corrected chi connectivity index (χ3v) is 4.49. The Morgan fingerprint density at radius 1 is 1.20 bits per heavy atom. The summed E-state index contributed by atoms with van der Waals surface area (Å²) in [6.07, 6.45) is 0. The molecule has 1 aromatic heterocycles. The van der Waals surface area contributed by atoms with E-state index in [4.69, 9.17) is 15.0 Å². The zero-order chi connectivity index (χ0) is 18.3. The number of benzene rings is 2. The van der Waals surface area contributed by atoms with E-state index in [0.29, 0.717) is 22.3 Å². The minimum absolute atomic E-state index is 0.00860. The van der Waals surface area contributed by atoms with Crippen molar-refractivity contribution in [2.24, 2.45) is 5.84 Å². The van der Waals surface area contributed by atoms with Crippen molar-refractivity contribution in [3.8, 4) is 11.5 Å². The highest BCUT2D eigenvalue weighted by Crippen LogP contribution is 2.38. The number of hydrogen-bond donors (Lipinski definition) is 3. The molecule has 0 fully saturated rings. The molecule has 3 rings (SSSR count). The number of nitrogen functional groups attached to an aromatic ring is 1. The molecule has 0 aliphatic carbocycles. The van der Waals surface area contributed by atoms with Crippen molar-refractivity contribution >= 4 is 22.6 Å². The lowest BCUT2D eigenvalue weighted by molar-refractivity contribution is 0.104. The normalized spacial score (nSPS) is 10.9. The highest BCUT2D eigenvalue weighted by Gasteiger charge is 2.25. The van der Waals surface area contributed by atoms with Crippen LogP contribution in [0.5, 0.6) is 11.5 Å². The molecule has 0 spiro atoms. The van der Waals surface area contributed by atoms with E-state index in [0.717, 1.165) is 11.1 Å². The number of carbonyl (C=O) groups is 1. The largest absolute Gasteiger partial charge is 0.504 e. The maximum Gasteiger partial charge on any atom is 0.219 e. The molecule has 0 bridgehead atoms. The first-order valence-corrected chi connectivity index (χ1v) is 7.80. The monoisotopic (exact) mass is 340 g/mol. The number of ketones is 1. The van der Waals surface area contributed by atoms with Gasteiger partial charge in [-0.05, 0) is 55.7 Å². The number of ether oxygens (including phenoxy) is 1. The van der Waals surface area contributed by atoms with Crippen LogP contribution in [-0.4, -0.2) is 18.0 Å². The van der Waals surface area contributed by atoms with Crippen molar-refractivity contribution in [1.82, 2.24) is 0 Å². The van der Waals surface area contributed by atoms with Crippen LogP contribution in [0.1, 0.15) is 32.6 Å². The number of nitrogens with two attached hydrogens (primary N) is 1. The van der Waals surface area contributed by atoms with Crippen LogP contribution in [-0.2, 0) is 0 Å². The molecule has 0 saturated heterocycles. The van der Waals surface area contributed by atoms with Crippen molar-refractivity contribution in [2.45, 2.75) is 20.8 Å². The summed E-state index contributed by atoms with van der Waals surface area (Å²) in [5.41, 5.74) is 5.93. The van der Waals surface area contributed by atoms with Gasteiger partial charge in [-0.2, -0.15) is 0 Å². The number of hydrazine groups is 1. The van der Waals surface area contributed by atoms with Crippen LogP contribution in [0.3, 0.4) is 0 Å². The Labute approximate surface area is 145 Å². The quantitative estimate of drug-likeness (QED) is 0.381. The lowest BCUT2D eigenvalue weighted by Crippen LogP contribution is -2.11. The van der Waals surface area contributed by atoms with Crippen molar-refractivity contribution in [2.75, 3.05) is 12.5 Å². The fraction of sp³-hybridized carbons (Fsp3) is 0.211. The average molecular weight is 340 g/mol. The summed E-state index contributed by atoms with van der Waals surface area (Å²) in [5.74, 6) is 6.00. The zero-order valence-electron chi connectivity index (χ0n) is 14.6. The van der Waals surface area contributed by atoms with Crippen molar-refractivity contribution in [3.05, 3.63) is 52.1 Å². The van der Waals surface area contributed by atoms with Gasteiger partial charge in [-0.1, -0.05) is 6.07 Å². The van der Waals surface area contributed by atoms with Crippen LogP contribution < -0.4 is 16.0 Å². The van der Waals surface area contributed by atoms with Gasteiger partial charge in [-0.25, -0.2) is 5.84 Å². The van der Waals surface area contributed by atoms with Crippen LogP contribution in [0, 0.1) is 20.8 Å². The Balaban J connectivity index is 2.24. The summed E-state index contributed by atoms with van der Waals surface area (Å²) < 4.78 is 10.9. The molecule has 3 aromatic rings. The first-order valence-electron chi connectivity index (χ1n) is 7.80. The van der Waals surface area contributed by atoms with Crippen LogP contribution >= 0.6 is 0 Å². The number of aryl methyl sites for hydroxylation is 2. The highest BCUT2D eigenvalue weighted by molar-refractivity contribution is 6.20. The second kappa shape index (κ2) is 6.14. The van der Waals surface area contributed by atoms with Crippen LogP contribution in [0.4, 0.5) is 5.88 Å². The summed E-state index contributed by atoms with van der Waals surface area (Å²) in [4.78, 5) is 13.1. The van der Waals surface area contributed by atoms with Gasteiger partial charge in [-0.15, -0.1) is 0 Å². The summed E-state index contributed by atoms with van der Waals surface area (Å²) >= 11 is 0. The molecule has 0 saturated carbocycles. The number of aromatic hydroxyl groups is 1. The number of anilines is 1. The van der Waals surface area contributed by atoms with Crippen LogP contribution in [0.2, 0.25) is 0 Å². The molecule has 25 heavy (non-hydrogen) atoms. The van der Waals surface area contributed by atoms with Gasteiger partial charge < -0.3 is 14.3 Å². The molecule has 0 unspecified atom stereocenters. The second-order valence-electron chi connectivity index (χ2n) is 6.01. The molecule has 1 heterocycles. The van der Waals surface area contributed by atoms with Crippen molar-refractivity contribution in [3.63, 3.8) is 0 Å². The number of hydrogen-bond acceptors (Lipinski definition) is 6. The third kappa shape index (κ3) is 2.60. The van der Waals surface area contributed by atoms with Crippen LogP contribution in [0.25, 0.3) is 11.0 Å². The highest BCUT2D eigenvalue weighted by atomic mass is 16.5. The van der Waals surface area contributed by atoms with E-state index in [1.165, 1.54) is 0 Å². The van der Waals surface area contributed by atoms with Gasteiger partial charge >= 0.3 is 0 Å². The van der Waals surface area contributed by atoms with Gasteiger partial charge in [0.05, 0.1) is 12.7 Å². The first-order chi connectivity index (χ1) is 11.9. The summed E-state index contributed by atoms with van der Waals surface area (Å²) in [6.45, 7) is 5.60. The molecule has 130 valence electrons. The molecule has 0 radical (unpaired) electrons.